The molecule has 42 heavy (non-hydrogen) atoms. The van der Waals surface area contributed by atoms with Crippen molar-refractivity contribution in [1.82, 2.24) is 10.6 Å². The van der Waals surface area contributed by atoms with Crippen molar-refractivity contribution in [3.63, 3.8) is 0 Å². The van der Waals surface area contributed by atoms with Crippen LogP contribution in [0, 0.1) is 5.92 Å². The molecule has 0 saturated heterocycles. The average Bonchev–Trinajstić information content (AvgIpc) is 3.26. The van der Waals surface area contributed by atoms with Crippen molar-refractivity contribution in [3.05, 3.63) is 106 Å². The summed E-state index contributed by atoms with van der Waals surface area (Å²) in [5, 5.41) is 28.5. The second kappa shape index (κ2) is 12.8. The SMILES string of the molecule is CC(C)(C)NC(=O)c1c(C[C@H](O)C[C@@H](Cc2ccccc2)C(=O)N[C@H]2c3ccccc3C[C@H]2O)ccc2c1CCCC2. The normalized spacial score (nSPS) is 19.4. The Bertz CT molecular complexity index is 1410. The summed E-state index contributed by atoms with van der Waals surface area (Å²) >= 11 is 0. The van der Waals surface area contributed by atoms with E-state index in [0.29, 0.717) is 18.4 Å². The Balaban J connectivity index is 1.38. The maximum atomic E-state index is 13.8. The number of fused-ring (bicyclic) bond motifs is 2. The molecule has 0 saturated carbocycles. The third-order valence-corrected chi connectivity index (χ3v) is 8.54. The zero-order valence-corrected chi connectivity index (χ0v) is 25.0. The van der Waals surface area contributed by atoms with Crippen molar-refractivity contribution in [1.29, 1.82) is 0 Å². The number of aliphatic hydroxyl groups is 2. The van der Waals surface area contributed by atoms with E-state index in [1.54, 1.807) is 0 Å². The van der Waals surface area contributed by atoms with Gasteiger partial charge in [-0.25, -0.2) is 0 Å². The fourth-order valence-electron chi connectivity index (χ4n) is 6.60. The zero-order chi connectivity index (χ0) is 29.9. The Morgan fingerprint density at radius 1 is 0.905 bits per heavy atom. The summed E-state index contributed by atoms with van der Waals surface area (Å²) in [7, 11) is 0. The average molecular weight is 569 g/mol. The van der Waals surface area contributed by atoms with E-state index < -0.39 is 24.2 Å². The molecule has 222 valence electrons. The van der Waals surface area contributed by atoms with Crippen molar-refractivity contribution >= 4 is 11.8 Å². The van der Waals surface area contributed by atoms with Crippen LogP contribution in [0.25, 0.3) is 0 Å². The van der Waals surface area contributed by atoms with Gasteiger partial charge in [-0.05, 0) is 99.1 Å². The van der Waals surface area contributed by atoms with Gasteiger partial charge in [0.1, 0.15) is 0 Å². The van der Waals surface area contributed by atoms with Crippen molar-refractivity contribution < 1.29 is 19.8 Å². The molecule has 0 bridgehead atoms. The third kappa shape index (κ3) is 7.11. The van der Waals surface area contributed by atoms with Crippen molar-refractivity contribution in [3.8, 4) is 0 Å². The number of carbonyl (C=O) groups is 2. The van der Waals surface area contributed by atoms with Crippen LogP contribution in [0.4, 0.5) is 0 Å². The summed E-state index contributed by atoms with van der Waals surface area (Å²) in [5.74, 6) is -0.794. The van der Waals surface area contributed by atoms with E-state index in [1.807, 2.05) is 81.4 Å². The topological polar surface area (TPSA) is 98.7 Å². The van der Waals surface area contributed by atoms with Gasteiger partial charge in [0.05, 0.1) is 18.2 Å². The number of hydrogen-bond donors (Lipinski definition) is 4. The molecule has 3 aromatic rings. The molecule has 4 N–H and O–H groups in total. The molecule has 0 aromatic heterocycles. The molecule has 0 fully saturated rings. The third-order valence-electron chi connectivity index (χ3n) is 8.54. The van der Waals surface area contributed by atoms with Crippen LogP contribution >= 0.6 is 0 Å². The van der Waals surface area contributed by atoms with Gasteiger partial charge in [0.25, 0.3) is 5.91 Å². The molecule has 6 heteroatoms. The molecule has 0 heterocycles. The monoisotopic (exact) mass is 568 g/mol. The van der Waals surface area contributed by atoms with E-state index in [9.17, 15) is 19.8 Å². The number of benzene rings is 3. The molecule has 0 unspecified atom stereocenters. The van der Waals surface area contributed by atoms with Crippen LogP contribution in [0.2, 0.25) is 0 Å². The van der Waals surface area contributed by atoms with Crippen LogP contribution in [0.5, 0.6) is 0 Å². The Labute approximate surface area is 249 Å². The van der Waals surface area contributed by atoms with Gasteiger partial charge in [0.15, 0.2) is 0 Å². The summed E-state index contributed by atoms with van der Waals surface area (Å²) in [6.07, 6.45) is 3.97. The van der Waals surface area contributed by atoms with E-state index in [-0.39, 0.29) is 30.2 Å². The lowest BCUT2D eigenvalue weighted by molar-refractivity contribution is -0.127. The molecule has 0 aliphatic heterocycles. The highest BCUT2D eigenvalue weighted by Crippen LogP contribution is 2.33. The van der Waals surface area contributed by atoms with Gasteiger partial charge in [0, 0.05) is 23.4 Å². The van der Waals surface area contributed by atoms with Gasteiger partial charge >= 0.3 is 0 Å². The quantitative estimate of drug-likeness (QED) is 0.291. The number of aryl methyl sites for hydroxylation is 1. The molecule has 2 aliphatic carbocycles. The van der Waals surface area contributed by atoms with Gasteiger partial charge < -0.3 is 20.8 Å². The summed E-state index contributed by atoms with van der Waals surface area (Å²) in [4.78, 5) is 27.3. The number of amides is 2. The van der Waals surface area contributed by atoms with Crippen molar-refractivity contribution in [2.75, 3.05) is 0 Å². The largest absolute Gasteiger partial charge is 0.393 e. The first-order valence-corrected chi connectivity index (χ1v) is 15.3. The standard InChI is InChI=1S/C36H44N2O4/c1-36(2,3)38-35(42)32-26(18-17-24-13-7-9-15-29(24)32)20-28(39)21-27(19-23-11-5-4-6-12-23)34(41)37-33-30-16-10-8-14-25(30)22-31(33)40/h4-6,8,10-12,14,16-18,27-28,31,33,39-40H,7,9,13,15,19-22H2,1-3H3,(H,37,41)(H,38,42)/t27-,28+,31-,33+/m1/s1. The highest BCUT2D eigenvalue weighted by atomic mass is 16.3. The van der Waals surface area contributed by atoms with Gasteiger partial charge in [-0.15, -0.1) is 0 Å². The predicted octanol–water partition coefficient (Wildman–Crippen LogP) is 5.02. The Hall–Kier alpha value is -3.48. The lowest BCUT2D eigenvalue weighted by atomic mass is 9.83. The van der Waals surface area contributed by atoms with Crippen LogP contribution in [0.1, 0.15) is 89.8 Å². The fraction of sp³-hybridized carbons (Fsp3) is 0.444. The number of hydrogen-bond acceptors (Lipinski definition) is 4. The van der Waals surface area contributed by atoms with E-state index in [1.165, 1.54) is 5.56 Å². The van der Waals surface area contributed by atoms with Crippen LogP contribution in [0.3, 0.4) is 0 Å². The lowest BCUT2D eigenvalue weighted by Gasteiger charge is -2.27. The van der Waals surface area contributed by atoms with Gasteiger partial charge in [0.2, 0.25) is 5.91 Å². The van der Waals surface area contributed by atoms with E-state index in [0.717, 1.165) is 53.5 Å². The second-order valence-electron chi connectivity index (χ2n) is 13.1. The Morgan fingerprint density at radius 2 is 1.62 bits per heavy atom. The highest BCUT2D eigenvalue weighted by molar-refractivity contribution is 5.98. The van der Waals surface area contributed by atoms with Crippen LogP contribution < -0.4 is 10.6 Å². The van der Waals surface area contributed by atoms with Crippen molar-refractivity contribution in [2.24, 2.45) is 5.92 Å². The van der Waals surface area contributed by atoms with Crippen LogP contribution in [0.15, 0.2) is 66.7 Å². The first kappa shape index (κ1) is 30.0. The second-order valence-corrected chi connectivity index (χ2v) is 13.1. The number of rotatable bonds is 9. The highest BCUT2D eigenvalue weighted by Gasteiger charge is 2.34. The smallest absolute Gasteiger partial charge is 0.252 e. The van der Waals surface area contributed by atoms with Crippen LogP contribution in [-0.4, -0.2) is 39.8 Å². The molecule has 4 atom stereocenters. The minimum Gasteiger partial charge on any atom is -0.393 e. The number of aliphatic hydroxyl groups excluding tert-OH is 2. The van der Waals surface area contributed by atoms with Crippen LogP contribution in [-0.2, 0) is 36.9 Å². The Morgan fingerprint density at radius 3 is 2.38 bits per heavy atom. The molecular formula is C36H44N2O4. The minimum absolute atomic E-state index is 0.101. The minimum atomic E-state index is -0.826. The van der Waals surface area contributed by atoms with Crippen molar-refractivity contribution in [2.45, 2.75) is 95.9 Å². The maximum absolute atomic E-state index is 13.8. The molecule has 2 amide bonds. The lowest BCUT2D eigenvalue weighted by Crippen LogP contribution is -2.42. The predicted molar refractivity (Wildman–Crippen MR) is 165 cm³/mol. The molecule has 6 nitrogen and oxygen atoms in total. The van der Waals surface area contributed by atoms with E-state index in [2.05, 4.69) is 16.7 Å². The molecule has 3 aromatic carbocycles. The zero-order valence-electron chi connectivity index (χ0n) is 25.0. The maximum Gasteiger partial charge on any atom is 0.252 e. The fourth-order valence-corrected chi connectivity index (χ4v) is 6.60. The van der Waals surface area contributed by atoms with E-state index >= 15 is 0 Å². The number of carbonyl (C=O) groups excluding carboxylic acids is 2. The summed E-state index contributed by atoms with van der Waals surface area (Å²) in [6.45, 7) is 5.92. The molecule has 2 aliphatic rings. The molecule has 5 rings (SSSR count). The van der Waals surface area contributed by atoms with Gasteiger partial charge in [-0.2, -0.15) is 0 Å². The van der Waals surface area contributed by atoms with Gasteiger partial charge in [-0.1, -0.05) is 66.7 Å². The summed E-state index contributed by atoms with van der Waals surface area (Å²) in [5.41, 5.74) is 6.45. The first-order chi connectivity index (χ1) is 20.1. The summed E-state index contributed by atoms with van der Waals surface area (Å²) < 4.78 is 0. The van der Waals surface area contributed by atoms with E-state index in [4.69, 9.17) is 0 Å². The van der Waals surface area contributed by atoms with Gasteiger partial charge in [-0.3, -0.25) is 9.59 Å². The first-order valence-electron chi connectivity index (χ1n) is 15.3. The Kier molecular flexibility index (Phi) is 9.14. The number of nitrogens with one attached hydrogen (secondary N) is 2. The summed E-state index contributed by atoms with van der Waals surface area (Å²) in [6, 6.07) is 21.3. The molecule has 0 radical (unpaired) electrons. The molecule has 0 spiro atoms. The molecular weight excluding hydrogens is 524 g/mol.